The summed E-state index contributed by atoms with van der Waals surface area (Å²) in [6.07, 6.45) is -4.34. The van der Waals surface area contributed by atoms with Crippen LogP contribution in [0.3, 0.4) is 0 Å². The Morgan fingerprint density at radius 3 is 2.70 bits per heavy atom. The zero-order valence-electron chi connectivity index (χ0n) is 10.2. The van der Waals surface area contributed by atoms with E-state index in [0.29, 0.717) is 5.56 Å². The molecule has 0 fully saturated rings. The lowest BCUT2D eigenvalue weighted by atomic mass is 10.2. The molecule has 0 bridgehead atoms. The number of nitrogens with zero attached hydrogens (tertiary/aromatic N) is 1. The Morgan fingerprint density at radius 1 is 1.40 bits per heavy atom. The fraction of sp³-hybridized carbons (Fsp3) is 0.455. The van der Waals surface area contributed by atoms with Crippen molar-refractivity contribution in [1.82, 2.24) is 5.32 Å². The van der Waals surface area contributed by atoms with E-state index in [4.69, 9.17) is 11.6 Å². The van der Waals surface area contributed by atoms with Crippen LogP contribution in [0.5, 0.6) is 0 Å². The third kappa shape index (κ3) is 6.18. The van der Waals surface area contributed by atoms with Gasteiger partial charge in [-0.1, -0.05) is 17.7 Å². The Hall–Kier alpha value is -1.38. The van der Waals surface area contributed by atoms with E-state index in [0.717, 1.165) is 0 Å². The van der Waals surface area contributed by atoms with E-state index in [9.17, 15) is 23.3 Å². The Balaban J connectivity index is 2.32. The number of ether oxygens (including phenoxy) is 1. The molecule has 20 heavy (non-hydrogen) atoms. The van der Waals surface area contributed by atoms with Crippen LogP contribution in [0.4, 0.5) is 18.9 Å². The van der Waals surface area contributed by atoms with E-state index in [1.165, 1.54) is 12.1 Å². The highest BCUT2D eigenvalue weighted by molar-refractivity contribution is 6.32. The first-order chi connectivity index (χ1) is 9.29. The number of rotatable bonds is 7. The molecule has 0 atom stereocenters. The summed E-state index contributed by atoms with van der Waals surface area (Å²) in [5, 5.41) is 13.5. The molecule has 0 amide bonds. The van der Waals surface area contributed by atoms with Crippen LogP contribution in [-0.4, -0.2) is 30.9 Å². The number of nitro groups is 1. The van der Waals surface area contributed by atoms with Gasteiger partial charge in [-0.3, -0.25) is 10.1 Å². The Kier molecular flexibility index (Phi) is 6.18. The minimum absolute atomic E-state index is 0.0345. The summed E-state index contributed by atoms with van der Waals surface area (Å²) in [4.78, 5) is 10.1. The predicted molar refractivity (Wildman–Crippen MR) is 66.7 cm³/mol. The Bertz CT molecular complexity index is 469. The summed E-state index contributed by atoms with van der Waals surface area (Å²) < 4.78 is 39.7. The molecule has 1 N–H and O–H groups in total. The monoisotopic (exact) mass is 312 g/mol. The average molecular weight is 313 g/mol. The van der Waals surface area contributed by atoms with E-state index in [1.54, 1.807) is 6.07 Å². The van der Waals surface area contributed by atoms with Crippen LogP contribution in [0, 0.1) is 10.1 Å². The van der Waals surface area contributed by atoms with E-state index >= 15 is 0 Å². The van der Waals surface area contributed by atoms with Gasteiger partial charge in [-0.15, -0.1) is 0 Å². The van der Waals surface area contributed by atoms with Crippen molar-refractivity contribution in [3.63, 3.8) is 0 Å². The topological polar surface area (TPSA) is 64.4 Å². The van der Waals surface area contributed by atoms with Crippen LogP contribution >= 0.6 is 11.6 Å². The van der Waals surface area contributed by atoms with Gasteiger partial charge in [0.1, 0.15) is 11.6 Å². The maximum absolute atomic E-state index is 11.8. The summed E-state index contributed by atoms with van der Waals surface area (Å²) in [7, 11) is 0. The molecule has 0 spiro atoms. The summed E-state index contributed by atoms with van der Waals surface area (Å²) >= 11 is 5.65. The van der Waals surface area contributed by atoms with Crippen molar-refractivity contribution < 1.29 is 22.8 Å². The molecule has 1 rings (SSSR count). The van der Waals surface area contributed by atoms with Gasteiger partial charge in [0.25, 0.3) is 5.69 Å². The van der Waals surface area contributed by atoms with Crippen LogP contribution in [0.2, 0.25) is 5.02 Å². The number of nitrogens with one attached hydrogen (secondary N) is 1. The number of halogens is 4. The molecule has 5 nitrogen and oxygen atoms in total. The van der Waals surface area contributed by atoms with Gasteiger partial charge in [-0.05, 0) is 11.6 Å². The molecule has 112 valence electrons. The predicted octanol–water partition coefficient (Wildman–Crippen LogP) is 2.92. The first-order valence-corrected chi connectivity index (χ1v) is 5.95. The van der Waals surface area contributed by atoms with Crippen LogP contribution in [0.15, 0.2) is 18.2 Å². The molecule has 1 aromatic rings. The molecule has 0 saturated carbocycles. The van der Waals surface area contributed by atoms with Crippen molar-refractivity contribution in [2.45, 2.75) is 12.7 Å². The third-order valence-electron chi connectivity index (χ3n) is 2.23. The lowest BCUT2D eigenvalue weighted by Crippen LogP contribution is -2.23. The van der Waals surface area contributed by atoms with Gasteiger partial charge in [0.15, 0.2) is 0 Å². The standard InChI is InChI=1S/C11H12ClF3N2O3/c12-9-2-1-8(5-10(9)17(18)19)6-16-3-4-20-7-11(13,14)15/h1-2,5,16H,3-4,6-7H2. The lowest BCUT2D eigenvalue weighted by molar-refractivity contribution is -0.384. The van der Waals surface area contributed by atoms with Crippen molar-refractivity contribution in [1.29, 1.82) is 0 Å². The molecule has 0 aliphatic heterocycles. The van der Waals surface area contributed by atoms with Gasteiger partial charge >= 0.3 is 6.18 Å². The SMILES string of the molecule is O=[N+]([O-])c1cc(CNCCOCC(F)(F)F)ccc1Cl. The molecule has 0 aromatic heterocycles. The van der Waals surface area contributed by atoms with Crippen molar-refractivity contribution in [3.8, 4) is 0 Å². The van der Waals surface area contributed by atoms with Crippen molar-refractivity contribution in [3.05, 3.63) is 38.9 Å². The zero-order valence-corrected chi connectivity index (χ0v) is 11.0. The van der Waals surface area contributed by atoms with Gasteiger partial charge in [0, 0.05) is 19.2 Å². The van der Waals surface area contributed by atoms with Crippen LogP contribution < -0.4 is 5.32 Å². The first kappa shape index (κ1) is 16.7. The van der Waals surface area contributed by atoms with Gasteiger partial charge in [0.2, 0.25) is 0 Å². The van der Waals surface area contributed by atoms with Crippen LogP contribution in [0.1, 0.15) is 5.56 Å². The van der Waals surface area contributed by atoms with E-state index in [-0.39, 0.29) is 30.4 Å². The molecular weight excluding hydrogens is 301 g/mol. The van der Waals surface area contributed by atoms with Gasteiger partial charge in [-0.2, -0.15) is 13.2 Å². The minimum Gasteiger partial charge on any atom is -0.371 e. The smallest absolute Gasteiger partial charge is 0.371 e. The fourth-order valence-electron chi connectivity index (χ4n) is 1.37. The molecule has 0 radical (unpaired) electrons. The fourth-order valence-corrected chi connectivity index (χ4v) is 1.56. The van der Waals surface area contributed by atoms with Gasteiger partial charge in [-0.25, -0.2) is 0 Å². The highest BCUT2D eigenvalue weighted by Crippen LogP contribution is 2.24. The third-order valence-corrected chi connectivity index (χ3v) is 2.54. The molecule has 1 aromatic carbocycles. The number of hydrogen-bond acceptors (Lipinski definition) is 4. The van der Waals surface area contributed by atoms with E-state index in [1.807, 2.05) is 0 Å². The summed E-state index contributed by atoms with van der Waals surface area (Å²) in [5.74, 6) is 0. The molecule has 0 aliphatic rings. The van der Waals surface area contributed by atoms with E-state index < -0.39 is 17.7 Å². The summed E-state index contributed by atoms with van der Waals surface area (Å²) in [6.45, 7) is -0.920. The summed E-state index contributed by atoms with van der Waals surface area (Å²) in [5.41, 5.74) is 0.399. The highest BCUT2D eigenvalue weighted by Gasteiger charge is 2.27. The molecule has 0 saturated heterocycles. The number of benzene rings is 1. The quantitative estimate of drug-likeness (QED) is 0.477. The highest BCUT2D eigenvalue weighted by atomic mass is 35.5. The number of hydrogen-bond donors (Lipinski definition) is 1. The maximum Gasteiger partial charge on any atom is 0.411 e. The zero-order chi connectivity index (χ0) is 15.2. The second-order valence-electron chi connectivity index (χ2n) is 3.89. The van der Waals surface area contributed by atoms with E-state index in [2.05, 4.69) is 10.1 Å². The maximum atomic E-state index is 11.8. The molecule has 0 heterocycles. The summed E-state index contributed by atoms with van der Waals surface area (Å²) in [6, 6.07) is 4.31. The Morgan fingerprint density at radius 2 is 2.10 bits per heavy atom. The first-order valence-electron chi connectivity index (χ1n) is 5.57. The molecular formula is C11H12ClF3N2O3. The van der Waals surface area contributed by atoms with Crippen molar-refractivity contribution >= 4 is 17.3 Å². The Labute approximate surface area is 117 Å². The van der Waals surface area contributed by atoms with Crippen LogP contribution in [-0.2, 0) is 11.3 Å². The van der Waals surface area contributed by atoms with Gasteiger partial charge in [0.05, 0.1) is 11.5 Å². The van der Waals surface area contributed by atoms with Gasteiger partial charge < -0.3 is 10.1 Å². The minimum atomic E-state index is -4.34. The molecule has 9 heteroatoms. The number of alkyl halides is 3. The second-order valence-corrected chi connectivity index (χ2v) is 4.29. The normalized spacial score (nSPS) is 11.6. The van der Waals surface area contributed by atoms with Crippen LogP contribution in [0.25, 0.3) is 0 Å². The average Bonchev–Trinajstić information content (AvgIpc) is 2.33. The molecule has 0 unspecified atom stereocenters. The second kappa shape index (κ2) is 7.41. The van der Waals surface area contributed by atoms with Crippen molar-refractivity contribution in [2.24, 2.45) is 0 Å². The number of nitro benzene ring substituents is 1. The molecule has 0 aliphatic carbocycles. The van der Waals surface area contributed by atoms with Crippen molar-refractivity contribution in [2.75, 3.05) is 19.8 Å². The lowest BCUT2D eigenvalue weighted by Gasteiger charge is -2.08. The largest absolute Gasteiger partial charge is 0.411 e.